The molecule has 17 nitrogen and oxygen atoms in total. The van der Waals surface area contributed by atoms with Crippen LogP contribution in [0.2, 0.25) is 0 Å². The molecular formula is C33H41N6O11P. The number of nitrogens with two attached hydrogens (primary N) is 1. The Kier molecular flexibility index (Phi) is 11.6. The second-order valence-corrected chi connectivity index (χ2v) is 14.5. The maximum Gasteiger partial charge on any atom is 0.459 e. The summed E-state index contributed by atoms with van der Waals surface area (Å²) in [6.07, 6.45) is -3.10. The van der Waals surface area contributed by atoms with Gasteiger partial charge in [0.1, 0.15) is 48.5 Å². The van der Waals surface area contributed by atoms with E-state index in [1.165, 1.54) is 29.9 Å². The largest absolute Gasteiger partial charge is 0.459 e. The van der Waals surface area contributed by atoms with Crippen LogP contribution in [0, 0.1) is 23.2 Å². The zero-order valence-electron chi connectivity index (χ0n) is 28.8. The molecule has 2 aliphatic heterocycles. The molecule has 0 bridgehead atoms. The SMILES string of the molecule is CC(C)C(=O)O[C@H]1[C@H](c2ccc3c(N)ncnn23)O[C@](C#N)(CO[P@](=O)(N[C@@H](C)C(=O)O[C@@H]2CCOC2)Oc2ccccc2)[C@H]1OC(=O)C(C)C. The van der Waals surface area contributed by atoms with Crippen molar-refractivity contribution in [2.45, 2.75) is 77.1 Å². The second kappa shape index (κ2) is 15.7. The minimum atomic E-state index is -4.58. The highest BCUT2D eigenvalue weighted by Crippen LogP contribution is 2.50. The summed E-state index contributed by atoms with van der Waals surface area (Å²) in [5.74, 6) is -3.21. The number of carbonyl (C=O) groups excluding carboxylic acids is 3. The van der Waals surface area contributed by atoms with Crippen LogP contribution in [0.4, 0.5) is 5.82 Å². The highest BCUT2D eigenvalue weighted by atomic mass is 31.2. The fraction of sp³-hybridized carbons (Fsp3) is 0.515. The first-order valence-corrected chi connectivity index (χ1v) is 17.9. The van der Waals surface area contributed by atoms with Crippen molar-refractivity contribution >= 4 is 37.0 Å². The number of nitrogen functional groups attached to an aromatic ring is 1. The van der Waals surface area contributed by atoms with Gasteiger partial charge in [-0.1, -0.05) is 45.9 Å². The van der Waals surface area contributed by atoms with Gasteiger partial charge in [0, 0.05) is 6.42 Å². The molecular weight excluding hydrogens is 687 g/mol. The molecule has 7 atom stereocenters. The summed E-state index contributed by atoms with van der Waals surface area (Å²) in [6, 6.07) is 12.0. The maximum atomic E-state index is 14.5. The van der Waals surface area contributed by atoms with Crippen molar-refractivity contribution in [1.82, 2.24) is 19.7 Å². The van der Waals surface area contributed by atoms with Gasteiger partial charge in [-0.15, -0.1) is 0 Å². The number of rotatable bonds is 14. The summed E-state index contributed by atoms with van der Waals surface area (Å²) in [5.41, 5.74) is 4.47. The van der Waals surface area contributed by atoms with Gasteiger partial charge in [-0.3, -0.25) is 18.9 Å². The molecule has 0 amide bonds. The number of hydrogen-bond acceptors (Lipinski definition) is 15. The number of nitrogens with zero attached hydrogens (tertiary/aromatic N) is 4. The predicted molar refractivity (Wildman–Crippen MR) is 178 cm³/mol. The molecule has 4 heterocycles. The zero-order valence-corrected chi connectivity index (χ0v) is 29.7. The number of para-hydroxylation sites is 1. The van der Waals surface area contributed by atoms with Crippen LogP contribution in [0.5, 0.6) is 5.75 Å². The van der Waals surface area contributed by atoms with E-state index in [4.69, 9.17) is 38.5 Å². The lowest BCUT2D eigenvalue weighted by Crippen LogP contribution is -2.50. The highest BCUT2D eigenvalue weighted by Gasteiger charge is 2.62. The van der Waals surface area contributed by atoms with Crippen LogP contribution >= 0.6 is 7.75 Å². The second-order valence-electron chi connectivity index (χ2n) is 12.8. The third-order valence-electron chi connectivity index (χ3n) is 8.12. The summed E-state index contributed by atoms with van der Waals surface area (Å²) in [7, 11) is -4.58. The molecule has 18 heteroatoms. The third-order valence-corrected chi connectivity index (χ3v) is 9.74. The molecule has 1 aromatic carbocycles. The number of aromatic nitrogens is 3. The number of hydrogen-bond donors (Lipinski definition) is 2. The topological polar surface area (TPSA) is 225 Å². The molecule has 51 heavy (non-hydrogen) atoms. The van der Waals surface area contributed by atoms with E-state index in [-0.39, 0.29) is 23.9 Å². The van der Waals surface area contributed by atoms with E-state index in [9.17, 15) is 24.2 Å². The first-order chi connectivity index (χ1) is 24.3. The van der Waals surface area contributed by atoms with E-state index in [2.05, 4.69) is 15.2 Å². The van der Waals surface area contributed by atoms with E-state index >= 15 is 0 Å². The smallest absolute Gasteiger partial charge is 0.459 e. The van der Waals surface area contributed by atoms with Crippen LogP contribution in [0.3, 0.4) is 0 Å². The van der Waals surface area contributed by atoms with Gasteiger partial charge in [-0.2, -0.15) is 15.4 Å². The molecule has 0 unspecified atom stereocenters. The minimum absolute atomic E-state index is 0.109. The lowest BCUT2D eigenvalue weighted by atomic mass is 9.95. The number of anilines is 1. The molecule has 2 fully saturated rings. The van der Waals surface area contributed by atoms with Crippen molar-refractivity contribution in [3.63, 3.8) is 0 Å². The number of nitriles is 1. The average Bonchev–Trinajstić information content (AvgIpc) is 3.84. The van der Waals surface area contributed by atoms with Crippen molar-refractivity contribution in [2.24, 2.45) is 11.8 Å². The van der Waals surface area contributed by atoms with Gasteiger partial charge >= 0.3 is 25.7 Å². The number of benzene rings is 1. The van der Waals surface area contributed by atoms with Crippen LogP contribution in [0.1, 0.15) is 52.8 Å². The van der Waals surface area contributed by atoms with Crippen LogP contribution in [0.25, 0.3) is 5.52 Å². The Hall–Kier alpha value is -4.59. The van der Waals surface area contributed by atoms with Gasteiger partial charge in [0.15, 0.2) is 18.0 Å². The first-order valence-electron chi connectivity index (χ1n) is 16.4. The summed E-state index contributed by atoms with van der Waals surface area (Å²) in [4.78, 5) is 43.2. The quantitative estimate of drug-likeness (QED) is 0.138. The summed E-state index contributed by atoms with van der Waals surface area (Å²) >= 11 is 0. The molecule has 3 aromatic rings. The van der Waals surface area contributed by atoms with Gasteiger partial charge in [0.25, 0.3) is 0 Å². The van der Waals surface area contributed by atoms with Crippen molar-refractivity contribution < 1.29 is 51.7 Å². The Morgan fingerprint density at radius 3 is 2.41 bits per heavy atom. The van der Waals surface area contributed by atoms with Crippen LogP contribution < -0.4 is 15.3 Å². The van der Waals surface area contributed by atoms with Gasteiger partial charge < -0.3 is 33.9 Å². The number of ether oxygens (including phenoxy) is 5. The minimum Gasteiger partial charge on any atom is -0.459 e. The van der Waals surface area contributed by atoms with Gasteiger partial charge in [0.2, 0.25) is 5.60 Å². The van der Waals surface area contributed by atoms with Crippen LogP contribution in [-0.4, -0.2) is 82.3 Å². The molecule has 2 aromatic heterocycles. The lowest BCUT2D eigenvalue weighted by Gasteiger charge is -2.31. The Morgan fingerprint density at radius 1 is 1.06 bits per heavy atom. The van der Waals surface area contributed by atoms with Crippen molar-refractivity contribution in [1.29, 1.82) is 5.26 Å². The van der Waals surface area contributed by atoms with E-state index < -0.39 is 80.2 Å². The zero-order chi connectivity index (χ0) is 36.9. The molecule has 0 aliphatic carbocycles. The molecule has 0 radical (unpaired) electrons. The Bertz CT molecular complexity index is 1810. The summed E-state index contributed by atoms with van der Waals surface area (Å²) < 4.78 is 56.5. The summed E-state index contributed by atoms with van der Waals surface area (Å²) in [6.45, 7) is 7.60. The fourth-order valence-electron chi connectivity index (χ4n) is 5.31. The molecule has 0 saturated carbocycles. The lowest BCUT2D eigenvalue weighted by molar-refractivity contribution is -0.173. The summed E-state index contributed by atoms with van der Waals surface area (Å²) in [5, 5.41) is 17.7. The van der Waals surface area contributed by atoms with E-state index in [1.807, 2.05) is 6.07 Å². The highest BCUT2D eigenvalue weighted by molar-refractivity contribution is 7.52. The van der Waals surface area contributed by atoms with E-state index in [0.29, 0.717) is 18.5 Å². The predicted octanol–water partition coefficient (Wildman–Crippen LogP) is 3.29. The van der Waals surface area contributed by atoms with Crippen molar-refractivity contribution in [3.8, 4) is 11.8 Å². The molecule has 3 N–H and O–H groups in total. The van der Waals surface area contributed by atoms with Gasteiger partial charge in [-0.25, -0.2) is 14.1 Å². The molecule has 2 saturated heterocycles. The Morgan fingerprint density at radius 2 is 1.76 bits per heavy atom. The third kappa shape index (κ3) is 8.49. The molecule has 274 valence electrons. The van der Waals surface area contributed by atoms with Gasteiger partial charge in [-0.05, 0) is 31.2 Å². The molecule has 5 rings (SSSR count). The number of nitrogens with one attached hydrogen (secondary N) is 1. The van der Waals surface area contributed by atoms with Crippen LogP contribution in [-0.2, 0) is 47.2 Å². The Labute approximate surface area is 294 Å². The Balaban J connectivity index is 1.53. The molecule has 2 aliphatic rings. The molecule has 0 spiro atoms. The van der Waals surface area contributed by atoms with Crippen molar-refractivity contribution in [3.05, 3.63) is 54.5 Å². The average molecular weight is 729 g/mol. The van der Waals surface area contributed by atoms with Crippen molar-refractivity contribution in [2.75, 3.05) is 25.6 Å². The fourth-order valence-corrected chi connectivity index (χ4v) is 6.83. The van der Waals surface area contributed by atoms with Gasteiger partial charge in [0.05, 0.1) is 30.7 Å². The van der Waals surface area contributed by atoms with E-state index in [0.717, 1.165) is 0 Å². The monoisotopic (exact) mass is 728 g/mol. The number of fused-ring (bicyclic) bond motifs is 1. The maximum absolute atomic E-state index is 14.5. The normalized spacial score (nSPS) is 24.9. The van der Waals surface area contributed by atoms with Crippen LogP contribution in [0.15, 0.2) is 48.8 Å². The first kappa shape index (κ1) is 37.7. The standard InChI is InChI=1S/C33H41N6O11P/c1-19(2)30(40)47-27-26(24-11-12-25-29(35)36-18-37-39(24)25)49-33(16-34,28(27)48-31(41)20(3)4)17-45-51(43,50-22-9-7-6-8-10-22)38-21(5)32(42)46-23-13-14-44-15-23/h6-12,18-21,23,26-28H,13-15,17H2,1-5H3,(H,38,43)(H2,35,36,37)/t21-,23+,26-,27-,28-,33+,51+/m0/s1. The van der Waals surface area contributed by atoms with E-state index in [1.54, 1.807) is 58.0 Å². The number of carbonyl (C=O) groups is 3. The number of esters is 3.